The third-order valence-electron chi connectivity index (χ3n) is 3.22. The second-order valence-electron chi connectivity index (χ2n) is 4.45. The molecule has 0 unspecified atom stereocenters. The molecule has 0 aliphatic heterocycles. The molecule has 4 rings (SSSR count). The number of rotatable bonds is 1. The van der Waals surface area contributed by atoms with Crippen molar-refractivity contribution in [3.8, 4) is 5.69 Å². The fourth-order valence-electron chi connectivity index (χ4n) is 2.32. The van der Waals surface area contributed by atoms with Gasteiger partial charge in [0.25, 0.3) is 0 Å². The summed E-state index contributed by atoms with van der Waals surface area (Å²) in [7, 11) is 0. The van der Waals surface area contributed by atoms with E-state index in [1.165, 1.54) is 12.1 Å². The van der Waals surface area contributed by atoms with Crippen LogP contribution in [0.1, 0.15) is 0 Å². The van der Waals surface area contributed by atoms with Gasteiger partial charge in [-0.05, 0) is 36.5 Å². The molecule has 0 bridgehead atoms. The van der Waals surface area contributed by atoms with Gasteiger partial charge in [0.15, 0.2) is 4.77 Å². The van der Waals surface area contributed by atoms with Crippen molar-refractivity contribution in [3.05, 3.63) is 45.9 Å². The Morgan fingerprint density at radius 1 is 1.24 bits per heavy atom. The summed E-state index contributed by atoms with van der Waals surface area (Å²) in [4.78, 5) is 3.04. The van der Waals surface area contributed by atoms with Crippen molar-refractivity contribution in [2.75, 3.05) is 0 Å². The smallest absolute Gasteiger partial charge is 0.182 e. The number of hydrogen-bond acceptors (Lipinski definition) is 4. The minimum atomic E-state index is -0.343. The zero-order chi connectivity index (χ0) is 14.6. The maximum Gasteiger partial charge on any atom is 0.182 e. The lowest BCUT2D eigenvalue weighted by Gasteiger charge is -2.07. The molecular formula is C13H6ClFN4S2. The second-order valence-corrected chi connectivity index (χ2v) is 5.78. The molecule has 2 heterocycles. The molecule has 0 saturated heterocycles. The number of nitrogens with one attached hydrogen (secondary N) is 1. The molecule has 21 heavy (non-hydrogen) atoms. The number of aromatic nitrogens is 4. The van der Waals surface area contributed by atoms with Crippen LogP contribution in [0, 0.1) is 10.6 Å². The number of H-pyrrole nitrogens is 1. The number of imidazole rings is 1. The highest BCUT2D eigenvalue weighted by Gasteiger charge is 2.16. The van der Waals surface area contributed by atoms with Gasteiger partial charge in [-0.15, -0.1) is 0 Å². The highest BCUT2D eigenvalue weighted by Crippen LogP contribution is 2.31. The van der Waals surface area contributed by atoms with Crippen LogP contribution >= 0.6 is 35.5 Å². The first-order valence-electron chi connectivity index (χ1n) is 5.96. The van der Waals surface area contributed by atoms with Crippen LogP contribution in [0.3, 0.4) is 0 Å². The fourth-order valence-corrected chi connectivity index (χ4v) is 3.40. The van der Waals surface area contributed by atoms with Crippen molar-refractivity contribution >= 4 is 57.6 Å². The van der Waals surface area contributed by atoms with Crippen LogP contribution in [0.5, 0.6) is 0 Å². The number of aromatic amines is 1. The summed E-state index contributed by atoms with van der Waals surface area (Å²) in [6.45, 7) is 0. The third-order valence-corrected chi connectivity index (χ3v) is 4.35. The Morgan fingerprint density at radius 2 is 2.10 bits per heavy atom. The summed E-state index contributed by atoms with van der Waals surface area (Å²) < 4.78 is 24.2. The lowest BCUT2D eigenvalue weighted by molar-refractivity contribution is 0.629. The molecule has 0 spiro atoms. The van der Waals surface area contributed by atoms with Crippen molar-refractivity contribution in [2.24, 2.45) is 0 Å². The highest BCUT2D eigenvalue weighted by molar-refractivity contribution is 7.71. The van der Waals surface area contributed by atoms with E-state index >= 15 is 0 Å². The van der Waals surface area contributed by atoms with Gasteiger partial charge in [0, 0.05) is 6.07 Å². The van der Waals surface area contributed by atoms with Crippen molar-refractivity contribution in [2.45, 2.75) is 0 Å². The van der Waals surface area contributed by atoms with Crippen LogP contribution in [0.15, 0.2) is 30.3 Å². The Balaban J connectivity index is 2.21. The molecule has 2 aromatic carbocycles. The molecule has 0 fully saturated rings. The van der Waals surface area contributed by atoms with Crippen LogP contribution in [-0.2, 0) is 0 Å². The van der Waals surface area contributed by atoms with Gasteiger partial charge in [0.1, 0.15) is 16.9 Å². The average Bonchev–Trinajstić information content (AvgIpc) is 3.03. The molecule has 8 heteroatoms. The van der Waals surface area contributed by atoms with Crippen LogP contribution in [0.2, 0.25) is 5.02 Å². The van der Waals surface area contributed by atoms with E-state index < -0.39 is 0 Å². The van der Waals surface area contributed by atoms with E-state index in [0.717, 1.165) is 22.8 Å². The van der Waals surface area contributed by atoms with E-state index in [4.69, 9.17) is 23.8 Å². The normalized spacial score (nSPS) is 11.5. The standard InChI is InChI=1S/C13H6ClFN4S2/c14-7-2-4-9-11(18-21-17-9)12(7)19-10-5-6(15)1-3-8(10)16-13(19)20/h1-5H,(H,16,20). The first-order valence-corrected chi connectivity index (χ1v) is 7.48. The fraction of sp³-hybridized carbons (Fsp3) is 0. The lowest BCUT2D eigenvalue weighted by Crippen LogP contribution is -1.97. The largest absolute Gasteiger partial charge is 0.330 e. The SMILES string of the molecule is Fc1ccc2[nH]c(=S)n(-c3c(Cl)ccc4nsnc34)c2c1. The van der Waals surface area contributed by atoms with E-state index in [9.17, 15) is 4.39 Å². The molecule has 2 aromatic heterocycles. The predicted molar refractivity (Wildman–Crippen MR) is 84.4 cm³/mol. The Hall–Kier alpha value is -1.83. The number of benzene rings is 2. The zero-order valence-electron chi connectivity index (χ0n) is 10.3. The summed E-state index contributed by atoms with van der Waals surface area (Å²) in [5.41, 5.74) is 3.34. The summed E-state index contributed by atoms with van der Waals surface area (Å²) in [6, 6.07) is 7.97. The maximum absolute atomic E-state index is 13.6. The third kappa shape index (κ3) is 1.89. The predicted octanol–water partition coefficient (Wildman–Crippen LogP) is 4.49. The van der Waals surface area contributed by atoms with Gasteiger partial charge >= 0.3 is 0 Å². The van der Waals surface area contributed by atoms with Crippen LogP contribution in [0.4, 0.5) is 4.39 Å². The van der Waals surface area contributed by atoms with E-state index in [1.54, 1.807) is 22.8 Å². The first-order chi connectivity index (χ1) is 10.1. The second kappa shape index (κ2) is 4.59. The number of hydrogen-bond donors (Lipinski definition) is 1. The lowest BCUT2D eigenvalue weighted by atomic mass is 10.2. The van der Waals surface area contributed by atoms with Gasteiger partial charge in [-0.3, -0.25) is 4.57 Å². The van der Waals surface area contributed by atoms with E-state index in [0.29, 0.717) is 26.5 Å². The van der Waals surface area contributed by atoms with Gasteiger partial charge in [-0.1, -0.05) is 11.6 Å². The van der Waals surface area contributed by atoms with Gasteiger partial charge < -0.3 is 4.98 Å². The summed E-state index contributed by atoms with van der Waals surface area (Å²) in [5, 5.41) is 0.483. The molecule has 0 atom stereocenters. The Bertz CT molecular complexity index is 1050. The molecule has 104 valence electrons. The average molecular weight is 337 g/mol. The van der Waals surface area contributed by atoms with E-state index in [1.807, 2.05) is 0 Å². The van der Waals surface area contributed by atoms with E-state index in [-0.39, 0.29) is 5.82 Å². The molecule has 4 nitrogen and oxygen atoms in total. The molecular weight excluding hydrogens is 331 g/mol. The van der Waals surface area contributed by atoms with Crippen molar-refractivity contribution < 1.29 is 4.39 Å². The quantitative estimate of drug-likeness (QED) is 0.521. The molecule has 0 aliphatic rings. The number of halogens is 2. The molecule has 0 amide bonds. The van der Waals surface area contributed by atoms with Crippen molar-refractivity contribution in [3.63, 3.8) is 0 Å². The number of fused-ring (bicyclic) bond motifs is 2. The summed E-state index contributed by atoms with van der Waals surface area (Å²) in [6.07, 6.45) is 0. The Morgan fingerprint density at radius 3 is 2.95 bits per heavy atom. The molecule has 0 radical (unpaired) electrons. The van der Waals surface area contributed by atoms with Gasteiger partial charge in [0.2, 0.25) is 0 Å². The number of nitrogens with zero attached hydrogens (tertiary/aromatic N) is 3. The molecule has 1 N–H and O–H groups in total. The van der Waals surface area contributed by atoms with Crippen molar-refractivity contribution in [1.82, 2.24) is 18.3 Å². The Kier molecular flexibility index (Phi) is 2.81. The zero-order valence-corrected chi connectivity index (χ0v) is 12.7. The molecule has 0 aliphatic carbocycles. The summed E-state index contributed by atoms with van der Waals surface area (Å²) >= 11 is 12.8. The minimum absolute atomic E-state index is 0.343. The molecule has 0 saturated carbocycles. The monoisotopic (exact) mass is 336 g/mol. The van der Waals surface area contributed by atoms with Crippen LogP contribution in [0.25, 0.3) is 27.8 Å². The van der Waals surface area contributed by atoms with Crippen molar-refractivity contribution in [1.29, 1.82) is 0 Å². The highest BCUT2D eigenvalue weighted by atomic mass is 35.5. The van der Waals surface area contributed by atoms with Gasteiger partial charge in [-0.25, -0.2) is 4.39 Å². The van der Waals surface area contributed by atoms with Gasteiger partial charge in [0.05, 0.1) is 33.5 Å². The minimum Gasteiger partial charge on any atom is -0.330 e. The van der Waals surface area contributed by atoms with Crippen LogP contribution < -0.4 is 0 Å². The van der Waals surface area contributed by atoms with Crippen LogP contribution in [-0.4, -0.2) is 18.3 Å². The van der Waals surface area contributed by atoms with E-state index in [2.05, 4.69) is 13.7 Å². The Labute approximate surface area is 132 Å². The summed E-state index contributed by atoms with van der Waals surface area (Å²) in [5.74, 6) is -0.343. The molecule has 4 aromatic rings. The maximum atomic E-state index is 13.6. The van der Waals surface area contributed by atoms with Gasteiger partial charge in [-0.2, -0.15) is 8.75 Å². The first kappa shape index (κ1) is 12.9. The topological polar surface area (TPSA) is 46.5 Å².